The molecule has 0 aromatic rings. The topological polar surface area (TPSA) is 15.3 Å². The van der Waals surface area contributed by atoms with Crippen LogP contribution in [-0.2, 0) is 0 Å². The van der Waals surface area contributed by atoms with Gasteiger partial charge in [0.05, 0.1) is 6.42 Å². The number of alkyl halides is 3. The van der Waals surface area contributed by atoms with Crippen LogP contribution in [0.15, 0.2) is 0 Å². The first-order chi connectivity index (χ1) is 7.54. The Morgan fingerprint density at radius 1 is 1.25 bits per heavy atom. The summed E-state index contributed by atoms with van der Waals surface area (Å²) in [7, 11) is 0. The van der Waals surface area contributed by atoms with E-state index in [1.165, 1.54) is 12.8 Å². The molecule has 1 saturated carbocycles. The maximum atomic E-state index is 12.1. The zero-order chi connectivity index (χ0) is 11.6. The highest BCUT2D eigenvalue weighted by molar-refractivity contribution is 4.90. The van der Waals surface area contributed by atoms with E-state index >= 15 is 0 Å². The summed E-state index contributed by atoms with van der Waals surface area (Å²) in [4.78, 5) is 1.97. The van der Waals surface area contributed by atoms with Gasteiger partial charge in [-0.25, -0.2) is 0 Å². The van der Waals surface area contributed by atoms with Gasteiger partial charge >= 0.3 is 6.18 Å². The Morgan fingerprint density at radius 2 is 2.00 bits per heavy atom. The highest BCUT2D eigenvalue weighted by atomic mass is 19.4. The minimum atomic E-state index is -4.02. The number of halogens is 3. The van der Waals surface area contributed by atoms with Crippen LogP contribution >= 0.6 is 0 Å². The molecule has 1 atom stereocenters. The summed E-state index contributed by atoms with van der Waals surface area (Å²) in [6.07, 6.45) is -1.25. The molecule has 0 radical (unpaired) electrons. The van der Waals surface area contributed by atoms with Gasteiger partial charge in [0.1, 0.15) is 0 Å². The lowest BCUT2D eigenvalue weighted by atomic mass is 10.2. The van der Waals surface area contributed by atoms with Crippen LogP contribution in [0.2, 0.25) is 0 Å². The van der Waals surface area contributed by atoms with E-state index < -0.39 is 12.6 Å². The summed E-state index contributed by atoms with van der Waals surface area (Å²) in [6.45, 7) is 2.70. The molecule has 0 aromatic carbocycles. The lowest BCUT2D eigenvalue weighted by molar-refractivity contribution is -0.138. The Hall–Kier alpha value is -0.290. The molecule has 0 amide bonds. The van der Waals surface area contributed by atoms with E-state index in [1.807, 2.05) is 4.90 Å². The molecule has 2 aliphatic rings. The van der Waals surface area contributed by atoms with Crippen LogP contribution in [-0.4, -0.2) is 43.3 Å². The van der Waals surface area contributed by atoms with Crippen molar-refractivity contribution in [3.63, 3.8) is 0 Å². The number of hydrogen-bond donors (Lipinski definition) is 1. The maximum absolute atomic E-state index is 12.1. The van der Waals surface area contributed by atoms with E-state index in [1.54, 1.807) is 0 Å². The van der Waals surface area contributed by atoms with Crippen molar-refractivity contribution >= 4 is 0 Å². The molecule has 1 unspecified atom stereocenters. The van der Waals surface area contributed by atoms with Gasteiger partial charge in [0, 0.05) is 19.1 Å². The average molecular weight is 236 g/mol. The number of nitrogens with one attached hydrogen (secondary N) is 1. The van der Waals surface area contributed by atoms with E-state index in [9.17, 15) is 13.2 Å². The van der Waals surface area contributed by atoms with Crippen LogP contribution in [0.3, 0.4) is 0 Å². The summed E-state index contributed by atoms with van der Waals surface area (Å²) in [6, 6.07) is 0.427. The lowest BCUT2D eigenvalue weighted by Crippen LogP contribution is -2.40. The van der Waals surface area contributed by atoms with Gasteiger partial charge in [0.25, 0.3) is 0 Å². The van der Waals surface area contributed by atoms with Gasteiger partial charge in [0.2, 0.25) is 0 Å². The van der Waals surface area contributed by atoms with Crippen molar-refractivity contribution in [3.05, 3.63) is 0 Å². The molecular formula is C11H19F3N2. The molecule has 0 spiro atoms. The number of rotatable bonds is 3. The van der Waals surface area contributed by atoms with Gasteiger partial charge in [-0.15, -0.1) is 0 Å². The number of hydrogen-bond acceptors (Lipinski definition) is 2. The first-order valence-corrected chi connectivity index (χ1v) is 6.07. The first kappa shape index (κ1) is 12.2. The fourth-order valence-electron chi connectivity index (χ4n) is 2.33. The molecule has 0 bridgehead atoms. The quantitative estimate of drug-likeness (QED) is 0.806. The fraction of sp³-hybridized carbons (Fsp3) is 1.00. The summed E-state index contributed by atoms with van der Waals surface area (Å²) < 4.78 is 36.4. The molecule has 1 saturated heterocycles. The van der Waals surface area contributed by atoms with Crippen molar-refractivity contribution in [2.75, 3.05) is 26.2 Å². The predicted molar refractivity (Wildman–Crippen MR) is 56.2 cm³/mol. The average Bonchev–Trinajstić information content (AvgIpc) is 3.00. The highest BCUT2D eigenvalue weighted by Crippen LogP contribution is 2.33. The maximum Gasteiger partial charge on any atom is 0.390 e. The van der Waals surface area contributed by atoms with Crippen LogP contribution in [0.25, 0.3) is 0 Å². The van der Waals surface area contributed by atoms with E-state index in [4.69, 9.17) is 0 Å². The zero-order valence-electron chi connectivity index (χ0n) is 9.39. The predicted octanol–water partition coefficient (Wildman–Crippen LogP) is 2.01. The normalized spacial score (nSPS) is 29.1. The summed E-state index contributed by atoms with van der Waals surface area (Å²) in [5.41, 5.74) is 0. The Balaban J connectivity index is 1.78. The SMILES string of the molecule is FC(F)(F)CCN1CCCNC(C2CC2)C1. The zero-order valence-corrected chi connectivity index (χ0v) is 9.39. The Kier molecular flexibility index (Phi) is 3.74. The summed E-state index contributed by atoms with van der Waals surface area (Å²) >= 11 is 0. The second kappa shape index (κ2) is 4.92. The molecular weight excluding hydrogens is 217 g/mol. The van der Waals surface area contributed by atoms with Crippen LogP contribution < -0.4 is 5.32 Å². The Labute approximate surface area is 94.2 Å². The highest BCUT2D eigenvalue weighted by Gasteiger charge is 2.34. The van der Waals surface area contributed by atoms with E-state index in [-0.39, 0.29) is 6.54 Å². The van der Waals surface area contributed by atoms with Crippen LogP contribution in [0.4, 0.5) is 13.2 Å². The monoisotopic (exact) mass is 236 g/mol. The van der Waals surface area contributed by atoms with Crippen molar-refractivity contribution in [2.24, 2.45) is 5.92 Å². The molecule has 1 N–H and O–H groups in total. The van der Waals surface area contributed by atoms with Crippen molar-refractivity contribution in [1.82, 2.24) is 10.2 Å². The van der Waals surface area contributed by atoms with Gasteiger partial charge in [-0.05, 0) is 38.3 Å². The van der Waals surface area contributed by atoms with Crippen LogP contribution in [0, 0.1) is 5.92 Å². The third-order valence-electron chi connectivity index (χ3n) is 3.42. The smallest absolute Gasteiger partial charge is 0.312 e. The molecule has 0 aromatic heterocycles. The molecule has 1 aliphatic heterocycles. The largest absolute Gasteiger partial charge is 0.390 e. The van der Waals surface area contributed by atoms with E-state index in [0.29, 0.717) is 12.0 Å². The third kappa shape index (κ3) is 3.94. The van der Waals surface area contributed by atoms with Crippen LogP contribution in [0.1, 0.15) is 25.7 Å². The molecule has 2 fully saturated rings. The molecule has 1 heterocycles. The lowest BCUT2D eigenvalue weighted by Gasteiger charge is -2.24. The summed E-state index contributed by atoms with van der Waals surface area (Å²) in [5.74, 6) is 0.714. The minimum absolute atomic E-state index is 0.161. The molecule has 2 rings (SSSR count). The first-order valence-electron chi connectivity index (χ1n) is 6.07. The molecule has 2 nitrogen and oxygen atoms in total. The number of nitrogens with zero attached hydrogens (tertiary/aromatic N) is 1. The Bertz CT molecular complexity index is 226. The van der Waals surface area contributed by atoms with Gasteiger partial charge in [0.15, 0.2) is 0 Å². The minimum Gasteiger partial charge on any atom is -0.312 e. The van der Waals surface area contributed by atoms with Crippen molar-refractivity contribution in [3.8, 4) is 0 Å². The molecule has 5 heteroatoms. The van der Waals surface area contributed by atoms with Gasteiger partial charge in [-0.3, -0.25) is 0 Å². The van der Waals surface area contributed by atoms with Gasteiger partial charge in [-0.1, -0.05) is 0 Å². The Morgan fingerprint density at radius 3 is 2.62 bits per heavy atom. The van der Waals surface area contributed by atoms with E-state index in [2.05, 4.69) is 5.32 Å². The van der Waals surface area contributed by atoms with E-state index in [0.717, 1.165) is 26.1 Å². The van der Waals surface area contributed by atoms with Crippen molar-refractivity contribution < 1.29 is 13.2 Å². The third-order valence-corrected chi connectivity index (χ3v) is 3.42. The van der Waals surface area contributed by atoms with Gasteiger partial charge in [-0.2, -0.15) is 13.2 Å². The standard InChI is InChI=1S/C11H19F3N2/c12-11(13,14)4-7-16-6-1-5-15-10(8-16)9-2-3-9/h9-10,15H,1-8H2. The van der Waals surface area contributed by atoms with Crippen molar-refractivity contribution in [2.45, 2.75) is 37.9 Å². The molecule has 16 heavy (non-hydrogen) atoms. The summed E-state index contributed by atoms with van der Waals surface area (Å²) in [5, 5.41) is 3.45. The van der Waals surface area contributed by atoms with Gasteiger partial charge < -0.3 is 10.2 Å². The second-order valence-electron chi connectivity index (χ2n) is 4.92. The molecule has 1 aliphatic carbocycles. The fourth-order valence-corrected chi connectivity index (χ4v) is 2.33. The second-order valence-corrected chi connectivity index (χ2v) is 4.92. The molecule has 94 valence electrons. The van der Waals surface area contributed by atoms with Crippen molar-refractivity contribution in [1.29, 1.82) is 0 Å². The van der Waals surface area contributed by atoms with Crippen LogP contribution in [0.5, 0.6) is 0 Å².